The maximum atomic E-state index is 16.1. The van der Waals surface area contributed by atoms with Gasteiger partial charge < -0.3 is 10.3 Å². The zero-order valence-corrected chi connectivity index (χ0v) is 20.6. The van der Waals surface area contributed by atoms with Gasteiger partial charge in [0.25, 0.3) is 0 Å². The molecular weight excluding hydrogens is 497 g/mol. The Labute approximate surface area is 221 Å². The van der Waals surface area contributed by atoms with E-state index in [1.165, 1.54) is 6.20 Å². The van der Waals surface area contributed by atoms with Gasteiger partial charge in [0.1, 0.15) is 17.0 Å². The number of fused-ring (bicyclic) bond motifs is 2. The lowest BCUT2D eigenvalue weighted by Gasteiger charge is -2.11. The molecule has 6 heterocycles. The van der Waals surface area contributed by atoms with Crippen LogP contribution in [-0.2, 0) is 4.79 Å². The molecule has 6 aromatic rings. The minimum atomic E-state index is -0.522. The number of aromatic amines is 2. The molecule has 0 atom stereocenters. The van der Waals surface area contributed by atoms with Crippen molar-refractivity contribution in [2.45, 2.75) is 25.7 Å². The molecule has 1 amide bonds. The minimum Gasteiger partial charge on any atom is -0.324 e. The van der Waals surface area contributed by atoms with E-state index in [0.717, 1.165) is 36.8 Å². The first kappa shape index (κ1) is 23.1. The van der Waals surface area contributed by atoms with E-state index in [1.807, 2.05) is 18.2 Å². The third-order valence-electron chi connectivity index (χ3n) is 7.15. The van der Waals surface area contributed by atoms with Gasteiger partial charge in [0.05, 0.1) is 17.3 Å². The number of aromatic nitrogens is 8. The van der Waals surface area contributed by atoms with E-state index < -0.39 is 5.82 Å². The van der Waals surface area contributed by atoms with Gasteiger partial charge in [-0.2, -0.15) is 5.10 Å². The van der Waals surface area contributed by atoms with Crippen molar-refractivity contribution in [2.75, 3.05) is 5.32 Å². The van der Waals surface area contributed by atoms with Crippen molar-refractivity contribution in [3.63, 3.8) is 0 Å². The smallest absolute Gasteiger partial charge is 0.227 e. The number of amides is 1. The molecule has 7 rings (SSSR count). The number of hydrogen-bond donors (Lipinski definition) is 3. The monoisotopic (exact) mass is 519 g/mol. The molecule has 0 radical (unpaired) electrons. The summed E-state index contributed by atoms with van der Waals surface area (Å²) in [6.07, 6.45) is 13.6. The summed E-state index contributed by atoms with van der Waals surface area (Å²) >= 11 is 0. The number of pyridine rings is 4. The Hall–Kier alpha value is -5.06. The molecule has 11 heteroatoms. The fourth-order valence-electron chi connectivity index (χ4n) is 5.19. The highest BCUT2D eigenvalue weighted by Crippen LogP contribution is 2.34. The van der Waals surface area contributed by atoms with Crippen molar-refractivity contribution in [3.05, 3.63) is 67.3 Å². The molecule has 192 valence electrons. The number of H-pyrrole nitrogens is 2. The highest BCUT2D eigenvalue weighted by molar-refractivity contribution is 5.97. The SMILES string of the molecule is O=C(Nc1cncc(-c2cnc3[nH]nc(-c4nc5c(-c6cccnc6)ccnc5[nH]4)c3c2F)c1)C1CCCC1. The number of halogens is 1. The highest BCUT2D eigenvalue weighted by atomic mass is 19.1. The summed E-state index contributed by atoms with van der Waals surface area (Å²) in [4.78, 5) is 37.7. The van der Waals surface area contributed by atoms with Crippen LogP contribution in [0.15, 0.2) is 61.4 Å². The number of carbonyl (C=O) groups is 1. The standard InChI is InChI=1S/C28H22FN9O/c29-22-20(17-10-18(13-31-12-17)34-28(39)15-4-1-2-5-15)14-33-25-21(22)24(37-38-25)27-35-23-19(7-9-32-26(23)36-27)16-6-3-8-30-11-16/h3,6-15H,1-2,4-5H2,(H,34,39)(H,32,35,36)(H,33,37,38). The zero-order chi connectivity index (χ0) is 26.3. The van der Waals surface area contributed by atoms with Gasteiger partial charge in [-0.05, 0) is 31.0 Å². The lowest BCUT2D eigenvalue weighted by atomic mass is 10.1. The quantitative estimate of drug-likeness (QED) is 0.281. The van der Waals surface area contributed by atoms with E-state index in [4.69, 9.17) is 4.98 Å². The Morgan fingerprint density at radius 2 is 1.82 bits per heavy atom. The second kappa shape index (κ2) is 9.35. The molecule has 1 saturated carbocycles. The molecule has 0 saturated heterocycles. The molecule has 0 spiro atoms. The second-order valence-electron chi connectivity index (χ2n) is 9.60. The van der Waals surface area contributed by atoms with Gasteiger partial charge in [0.15, 0.2) is 17.1 Å². The van der Waals surface area contributed by atoms with E-state index in [9.17, 15) is 4.79 Å². The molecule has 0 bridgehead atoms. The van der Waals surface area contributed by atoms with Crippen molar-refractivity contribution in [2.24, 2.45) is 5.92 Å². The predicted octanol–water partition coefficient (Wildman–Crippen LogP) is 5.29. The number of nitrogens with one attached hydrogen (secondary N) is 3. The number of hydrogen-bond acceptors (Lipinski definition) is 7. The number of nitrogens with zero attached hydrogens (tertiary/aromatic N) is 6. The minimum absolute atomic E-state index is 0.00821. The number of carbonyl (C=O) groups excluding carboxylic acids is 1. The molecule has 1 aliphatic rings. The molecule has 10 nitrogen and oxygen atoms in total. The van der Waals surface area contributed by atoms with Crippen LogP contribution in [0.2, 0.25) is 0 Å². The first-order valence-corrected chi connectivity index (χ1v) is 12.7. The summed E-state index contributed by atoms with van der Waals surface area (Å²) in [6, 6.07) is 7.35. The molecule has 0 aliphatic heterocycles. The average molecular weight is 520 g/mol. The Kier molecular flexibility index (Phi) is 5.54. The molecule has 3 N–H and O–H groups in total. The van der Waals surface area contributed by atoms with E-state index >= 15 is 4.39 Å². The summed E-state index contributed by atoms with van der Waals surface area (Å²) in [5.74, 6) is -0.185. The van der Waals surface area contributed by atoms with Gasteiger partial charge >= 0.3 is 0 Å². The highest BCUT2D eigenvalue weighted by Gasteiger charge is 2.24. The van der Waals surface area contributed by atoms with Gasteiger partial charge in [-0.25, -0.2) is 19.3 Å². The lowest BCUT2D eigenvalue weighted by Crippen LogP contribution is -2.20. The van der Waals surface area contributed by atoms with Crippen molar-refractivity contribution in [1.82, 2.24) is 40.1 Å². The predicted molar refractivity (Wildman–Crippen MR) is 144 cm³/mol. The van der Waals surface area contributed by atoms with Crippen LogP contribution in [0.1, 0.15) is 25.7 Å². The molecule has 39 heavy (non-hydrogen) atoms. The average Bonchev–Trinajstić information content (AvgIpc) is 3.73. The third kappa shape index (κ3) is 4.08. The summed E-state index contributed by atoms with van der Waals surface area (Å²) in [7, 11) is 0. The maximum Gasteiger partial charge on any atom is 0.227 e. The molecule has 1 aliphatic carbocycles. The van der Waals surface area contributed by atoms with E-state index in [2.05, 4.69) is 40.4 Å². The Bertz CT molecular complexity index is 1840. The Balaban J connectivity index is 1.28. The van der Waals surface area contributed by atoms with Crippen LogP contribution in [0.3, 0.4) is 0 Å². The van der Waals surface area contributed by atoms with Crippen LogP contribution in [0.4, 0.5) is 10.1 Å². The van der Waals surface area contributed by atoms with Crippen LogP contribution in [-0.4, -0.2) is 46.0 Å². The van der Waals surface area contributed by atoms with Crippen LogP contribution < -0.4 is 5.32 Å². The Morgan fingerprint density at radius 3 is 2.67 bits per heavy atom. The van der Waals surface area contributed by atoms with E-state index in [-0.39, 0.29) is 34.1 Å². The zero-order valence-electron chi connectivity index (χ0n) is 20.6. The largest absolute Gasteiger partial charge is 0.324 e. The molecule has 0 aromatic carbocycles. The van der Waals surface area contributed by atoms with Gasteiger partial charge in [0, 0.05) is 59.2 Å². The van der Waals surface area contributed by atoms with Crippen molar-refractivity contribution < 1.29 is 9.18 Å². The fourth-order valence-corrected chi connectivity index (χ4v) is 5.19. The topological polar surface area (TPSA) is 138 Å². The van der Waals surface area contributed by atoms with E-state index in [1.54, 1.807) is 37.1 Å². The molecule has 0 unspecified atom stereocenters. The number of anilines is 1. The molecule has 6 aromatic heterocycles. The second-order valence-corrected chi connectivity index (χ2v) is 9.60. The van der Waals surface area contributed by atoms with Crippen molar-refractivity contribution in [3.8, 4) is 33.8 Å². The number of imidazole rings is 1. The van der Waals surface area contributed by atoms with Crippen LogP contribution in [0.25, 0.3) is 56.0 Å². The number of rotatable bonds is 5. The van der Waals surface area contributed by atoms with Gasteiger partial charge in [-0.1, -0.05) is 18.9 Å². The third-order valence-corrected chi connectivity index (χ3v) is 7.15. The van der Waals surface area contributed by atoms with Crippen molar-refractivity contribution in [1.29, 1.82) is 0 Å². The van der Waals surface area contributed by atoms with Crippen LogP contribution in [0.5, 0.6) is 0 Å². The lowest BCUT2D eigenvalue weighted by molar-refractivity contribution is -0.119. The fraction of sp³-hybridized carbons (Fsp3) is 0.179. The van der Waals surface area contributed by atoms with Crippen LogP contribution >= 0.6 is 0 Å². The summed E-state index contributed by atoms with van der Waals surface area (Å²) < 4.78 is 16.1. The van der Waals surface area contributed by atoms with Gasteiger partial charge in [-0.15, -0.1) is 0 Å². The normalized spacial score (nSPS) is 13.9. The maximum absolute atomic E-state index is 16.1. The Morgan fingerprint density at radius 1 is 0.949 bits per heavy atom. The summed E-state index contributed by atoms with van der Waals surface area (Å²) in [5, 5.41) is 10.2. The van der Waals surface area contributed by atoms with Gasteiger partial charge in [-0.3, -0.25) is 19.9 Å². The first-order chi connectivity index (χ1) is 19.2. The molecular formula is C28H22FN9O. The summed E-state index contributed by atoms with van der Waals surface area (Å²) in [6.45, 7) is 0. The first-order valence-electron chi connectivity index (χ1n) is 12.7. The van der Waals surface area contributed by atoms with Crippen LogP contribution in [0, 0.1) is 11.7 Å². The van der Waals surface area contributed by atoms with E-state index in [0.29, 0.717) is 28.2 Å². The molecule has 1 fully saturated rings. The van der Waals surface area contributed by atoms with Gasteiger partial charge in [0.2, 0.25) is 5.91 Å². The summed E-state index contributed by atoms with van der Waals surface area (Å²) in [5.41, 5.74) is 4.70. The van der Waals surface area contributed by atoms with Crippen molar-refractivity contribution >= 4 is 33.8 Å².